The maximum absolute atomic E-state index is 12.1. The summed E-state index contributed by atoms with van der Waals surface area (Å²) in [5.41, 5.74) is 0.869. The van der Waals surface area contributed by atoms with Gasteiger partial charge in [-0.3, -0.25) is 4.79 Å². The van der Waals surface area contributed by atoms with Crippen LogP contribution in [0.5, 0.6) is 0 Å². The number of unbranched alkanes of at least 4 members (excludes halogenated alkanes) is 1. The Morgan fingerprint density at radius 1 is 1.43 bits per heavy atom. The summed E-state index contributed by atoms with van der Waals surface area (Å²) in [6, 6.07) is 7.50. The van der Waals surface area contributed by atoms with Crippen LogP contribution in [0.25, 0.3) is 0 Å². The second kappa shape index (κ2) is 8.54. The first-order valence-corrected chi connectivity index (χ1v) is 6.62. The van der Waals surface area contributed by atoms with Gasteiger partial charge in [-0.1, -0.05) is 6.08 Å². The maximum Gasteiger partial charge on any atom is 0.328 e. The zero-order valence-corrected chi connectivity index (χ0v) is 12.0. The lowest BCUT2D eigenvalue weighted by atomic mass is 10.1. The molecule has 21 heavy (non-hydrogen) atoms. The molecule has 1 rings (SSSR count). The highest BCUT2D eigenvalue weighted by Gasteiger charge is 2.21. The van der Waals surface area contributed by atoms with Gasteiger partial charge in [0.1, 0.15) is 6.04 Å². The molecule has 110 valence electrons. The molecular formula is C16H18N2O3. The van der Waals surface area contributed by atoms with Crippen molar-refractivity contribution in [1.29, 1.82) is 5.26 Å². The van der Waals surface area contributed by atoms with E-state index in [1.807, 2.05) is 6.07 Å². The number of allylic oxidation sites excluding steroid dienone is 1. The quantitative estimate of drug-likeness (QED) is 0.473. The van der Waals surface area contributed by atoms with Crippen molar-refractivity contribution in [3.05, 3.63) is 48.0 Å². The first kappa shape index (κ1) is 16.4. The Hall–Kier alpha value is -2.61. The summed E-state index contributed by atoms with van der Waals surface area (Å²) in [4.78, 5) is 23.8. The van der Waals surface area contributed by atoms with Crippen molar-refractivity contribution >= 4 is 11.9 Å². The normalized spacial score (nSPS) is 11.0. The van der Waals surface area contributed by atoms with E-state index in [1.54, 1.807) is 30.3 Å². The number of amides is 1. The van der Waals surface area contributed by atoms with Gasteiger partial charge in [0, 0.05) is 5.56 Å². The predicted molar refractivity (Wildman–Crippen MR) is 78.5 cm³/mol. The van der Waals surface area contributed by atoms with Crippen LogP contribution >= 0.6 is 0 Å². The maximum atomic E-state index is 12.1. The monoisotopic (exact) mass is 286 g/mol. The largest absolute Gasteiger partial charge is 0.467 e. The SMILES string of the molecule is C=CCCC[C@H](NC(=O)c1ccc(C#N)cc1)C(=O)OC. The Balaban J connectivity index is 2.71. The van der Waals surface area contributed by atoms with E-state index in [4.69, 9.17) is 10.00 Å². The second-order valence-electron chi connectivity index (χ2n) is 4.46. The van der Waals surface area contributed by atoms with E-state index in [1.165, 1.54) is 7.11 Å². The minimum atomic E-state index is -0.682. The zero-order chi connectivity index (χ0) is 15.7. The van der Waals surface area contributed by atoms with Gasteiger partial charge in [0.25, 0.3) is 5.91 Å². The minimum Gasteiger partial charge on any atom is -0.467 e. The number of carbonyl (C=O) groups excluding carboxylic acids is 2. The van der Waals surface area contributed by atoms with Gasteiger partial charge in [-0.2, -0.15) is 5.26 Å². The Bertz CT molecular complexity index is 544. The number of nitrogens with one attached hydrogen (secondary N) is 1. The number of carbonyl (C=O) groups is 2. The van der Waals surface area contributed by atoms with Crippen molar-refractivity contribution in [2.24, 2.45) is 0 Å². The third-order valence-electron chi connectivity index (χ3n) is 2.97. The number of rotatable bonds is 7. The van der Waals surface area contributed by atoms with Gasteiger partial charge in [-0.25, -0.2) is 4.79 Å². The second-order valence-corrected chi connectivity index (χ2v) is 4.46. The first-order valence-electron chi connectivity index (χ1n) is 6.62. The Morgan fingerprint density at radius 2 is 2.10 bits per heavy atom. The molecule has 0 aliphatic heterocycles. The van der Waals surface area contributed by atoms with Crippen LogP contribution in [0.2, 0.25) is 0 Å². The molecule has 1 N–H and O–H groups in total. The molecule has 0 spiro atoms. The van der Waals surface area contributed by atoms with Crippen LogP contribution in [-0.4, -0.2) is 25.0 Å². The molecule has 0 aliphatic carbocycles. The topological polar surface area (TPSA) is 79.2 Å². The fourth-order valence-corrected chi connectivity index (χ4v) is 1.80. The van der Waals surface area contributed by atoms with E-state index in [-0.39, 0.29) is 5.91 Å². The Morgan fingerprint density at radius 3 is 2.62 bits per heavy atom. The third-order valence-corrected chi connectivity index (χ3v) is 2.97. The fraction of sp³-hybridized carbons (Fsp3) is 0.312. The van der Waals surface area contributed by atoms with Crippen molar-refractivity contribution in [2.75, 3.05) is 7.11 Å². The van der Waals surface area contributed by atoms with Crippen LogP contribution in [0, 0.1) is 11.3 Å². The third kappa shape index (κ3) is 5.11. The van der Waals surface area contributed by atoms with Crippen molar-refractivity contribution < 1.29 is 14.3 Å². The van der Waals surface area contributed by atoms with E-state index >= 15 is 0 Å². The smallest absolute Gasteiger partial charge is 0.328 e. The number of ether oxygens (including phenoxy) is 1. The van der Waals surface area contributed by atoms with E-state index in [0.29, 0.717) is 17.5 Å². The lowest BCUT2D eigenvalue weighted by Gasteiger charge is -2.16. The molecule has 0 heterocycles. The van der Waals surface area contributed by atoms with Gasteiger partial charge in [0.2, 0.25) is 0 Å². The van der Waals surface area contributed by atoms with E-state index < -0.39 is 12.0 Å². The Kier molecular flexibility index (Phi) is 6.69. The highest BCUT2D eigenvalue weighted by atomic mass is 16.5. The average Bonchev–Trinajstić information content (AvgIpc) is 2.53. The predicted octanol–water partition coefficient (Wildman–Crippen LogP) is 2.19. The molecule has 5 heteroatoms. The van der Waals surface area contributed by atoms with Gasteiger partial charge in [0.05, 0.1) is 18.7 Å². The van der Waals surface area contributed by atoms with Gasteiger partial charge >= 0.3 is 5.97 Å². The lowest BCUT2D eigenvalue weighted by molar-refractivity contribution is -0.143. The molecule has 5 nitrogen and oxygen atoms in total. The molecule has 1 atom stereocenters. The number of nitriles is 1. The summed E-state index contributed by atoms with van der Waals surface area (Å²) in [6.45, 7) is 3.62. The summed E-state index contributed by atoms with van der Waals surface area (Å²) in [5.74, 6) is -0.838. The summed E-state index contributed by atoms with van der Waals surface area (Å²) < 4.78 is 4.69. The number of benzene rings is 1. The molecule has 0 radical (unpaired) electrons. The molecular weight excluding hydrogens is 268 g/mol. The summed E-state index contributed by atoms with van der Waals surface area (Å²) in [7, 11) is 1.29. The van der Waals surface area contributed by atoms with Crippen LogP contribution in [-0.2, 0) is 9.53 Å². The molecule has 1 aromatic carbocycles. The van der Waals surface area contributed by atoms with E-state index in [2.05, 4.69) is 11.9 Å². The van der Waals surface area contributed by atoms with Crippen molar-refractivity contribution in [3.63, 3.8) is 0 Å². The number of esters is 1. The standard InChI is InChI=1S/C16H18N2O3/c1-3-4-5-6-14(16(20)21-2)18-15(19)13-9-7-12(11-17)8-10-13/h3,7-10,14H,1,4-6H2,2H3,(H,18,19)/t14-/m0/s1. The number of hydrogen-bond acceptors (Lipinski definition) is 4. The lowest BCUT2D eigenvalue weighted by Crippen LogP contribution is -2.41. The minimum absolute atomic E-state index is 0.367. The average molecular weight is 286 g/mol. The molecule has 0 unspecified atom stereocenters. The zero-order valence-electron chi connectivity index (χ0n) is 12.0. The van der Waals surface area contributed by atoms with Gasteiger partial charge in [-0.15, -0.1) is 6.58 Å². The number of nitrogens with zero attached hydrogens (tertiary/aromatic N) is 1. The first-order chi connectivity index (χ1) is 10.1. The summed E-state index contributed by atoms with van der Waals surface area (Å²) in [6.07, 6.45) is 3.74. The van der Waals surface area contributed by atoms with Gasteiger partial charge in [0.15, 0.2) is 0 Å². The van der Waals surface area contributed by atoms with Crippen molar-refractivity contribution in [2.45, 2.75) is 25.3 Å². The highest BCUT2D eigenvalue weighted by Crippen LogP contribution is 2.07. The van der Waals surface area contributed by atoms with Crippen LogP contribution in [0.15, 0.2) is 36.9 Å². The van der Waals surface area contributed by atoms with Crippen LogP contribution in [0.1, 0.15) is 35.2 Å². The molecule has 0 fully saturated rings. The molecule has 1 amide bonds. The van der Waals surface area contributed by atoms with Gasteiger partial charge in [-0.05, 0) is 43.5 Å². The molecule has 0 aliphatic rings. The van der Waals surface area contributed by atoms with E-state index in [0.717, 1.165) is 12.8 Å². The molecule has 1 aromatic rings. The van der Waals surface area contributed by atoms with Crippen molar-refractivity contribution in [1.82, 2.24) is 5.32 Å². The van der Waals surface area contributed by atoms with Crippen LogP contribution in [0.4, 0.5) is 0 Å². The van der Waals surface area contributed by atoms with Gasteiger partial charge < -0.3 is 10.1 Å². The number of hydrogen-bond donors (Lipinski definition) is 1. The molecule has 0 saturated carbocycles. The van der Waals surface area contributed by atoms with Crippen LogP contribution < -0.4 is 5.32 Å². The fourth-order valence-electron chi connectivity index (χ4n) is 1.80. The number of methoxy groups -OCH3 is 1. The Labute approximate surface area is 124 Å². The molecule has 0 saturated heterocycles. The summed E-state index contributed by atoms with van der Waals surface area (Å²) in [5, 5.41) is 11.4. The highest BCUT2D eigenvalue weighted by molar-refractivity contribution is 5.96. The van der Waals surface area contributed by atoms with E-state index in [9.17, 15) is 9.59 Å². The summed E-state index contributed by atoms with van der Waals surface area (Å²) >= 11 is 0. The van der Waals surface area contributed by atoms with Crippen molar-refractivity contribution in [3.8, 4) is 6.07 Å². The molecule has 0 bridgehead atoms. The molecule has 0 aromatic heterocycles. The van der Waals surface area contributed by atoms with Crippen LogP contribution in [0.3, 0.4) is 0 Å².